The second kappa shape index (κ2) is 11.2. The van der Waals surface area contributed by atoms with Crippen molar-refractivity contribution in [2.24, 2.45) is 0 Å². The van der Waals surface area contributed by atoms with Crippen molar-refractivity contribution >= 4 is 12.6 Å². The van der Waals surface area contributed by atoms with Gasteiger partial charge in [-0.1, -0.05) is 0 Å². The molecule has 0 radical (unpaired) electrons. The number of rotatable bonds is 7. The van der Waals surface area contributed by atoms with Crippen molar-refractivity contribution in [3.05, 3.63) is 0 Å². The molecule has 0 aromatic heterocycles. The van der Waals surface area contributed by atoms with Gasteiger partial charge in [-0.3, -0.25) is 0 Å². The van der Waals surface area contributed by atoms with Crippen molar-refractivity contribution < 1.29 is 45.3 Å². The third-order valence-electron chi connectivity index (χ3n) is 1.76. The van der Waals surface area contributed by atoms with E-state index in [0.717, 1.165) is 0 Å². The lowest BCUT2D eigenvalue weighted by Crippen LogP contribution is -2.46. The Hall–Kier alpha value is -0.940. The van der Waals surface area contributed by atoms with Gasteiger partial charge in [-0.15, -0.1) is 0 Å². The number of carbonyl (C=O) groups is 2. The average molecular weight is 270 g/mol. The highest BCUT2D eigenvalue weighted by molar-refractivity contribution is 5.56. The largest absolute Gasteiger partial charge is 0.394 e. The fourth-order valence-electron chi connectivity index (χ4n) is 0.661. The van der Waals surface area contributed by atoms with Gasteiger partial charge in [-0.2, -0.15) is 0 Å². The van der Waals surface area contributed by atoms with Gasteiger partial charge < -0.3 is 45.3 Å². The van der Waals surface area contributed by atoms with Crippen molar-refractivity contribution in [3.63, 3.8) is 0 Å². The molecule has 9 heteroatoms. The normalized spacial score (nSPS) is 18.6. The Morgan fingerprint density at radius 1 is 0.778 bits per heavy atom. The van der Waals surface area contributed by atoms with Crippen molar-refractivity contribution in [1.29, 1.82) is 0 Å². The van der Waals surface area contributed by atoms with Crippen LogP contribution in [0.15, 0.2) is 0 Å². The van der Waals surface area contributed by atoms with Gasteiger partial charge in [-0.05, 0) is 0 Å². The monoisotopic (exact) mass is 270 g/mol. The highest BCUT2D eigenvalue weighted by Crippen LogP contribution is 2.02. The summed E-state index contributed by atoms with van der Waals surface area (Å²) in [6.07, 6.45) is -7.75. The number of carbonyl (C=O) groups excluding carboxylic acids is 2. The summed E-state index contributed by atoms with van der Waals surface area (Å²) in [6, 6.07) is 0. The van der Waals surface area contributed by atoms with Gasteiger partial charge in [0.25, 0.3) is 0 Å². The van der Waals surface area contributed by atoms with Crippen LogP contribution in [-0.2, 0) is 9.59 Å². The predicted molar refractivity (Wildman–Crippen MR) is 56.3 cm³/mol. The van der Waals surface area contributed by atoms with E-state index in [1.165, 1.54) is 0 Å². The molecule has 108 valence electrons. The van der Waals surface area contributed by atoms with Crippen LogP contribution >= 0.6 is 0 Å². The standard InChI is InChI=1S/C6H12O6.C3H6O3/c7-1-3(9)5(11)6(12)4(10)2-8;4-1-3(6)2-5/h1,3-6,8-12H,2H2;1,3,5-6H,2H2/t3-,4+,5+,6+;/m0./s1. The highest BCUT2D eigenvalue weighted by Gasteiger charge is 2.29. The van der Waals surface area contributed by atoms with Gasteiger partial charge in [0.1, 0.15) is 30.5 Å². The Morgan fingerprint density at radius 2 is 1.28 bits per heavy atom. The molecule has 0 aliphatic carbocycles. The summed E-state index contributed by atoms with van der Waals surface area (Å²) in [4.78, 5) is 19.2. The molecule has 1 unspecified atom stereocenters. The zero-order valence-corrected chi connectivity index (χ0v) is 9.40. The number of aliphatic hydroxyl groups excluding tert-OH is 7. The maximum atomic E-state index is 9.90. The summed E-state index contributed by atoms with van der Waals surface area (Å²) in [5, 5.41) is 59.4. The molecule has 0 bridgehead atoms. The average Bonchev–Trinajstić information content (AvgIpc) is 2.43. The van der Waals surface area contributed by atoms with Crippen LogP contribution in [0.1, 0.15) is 0 Å². The quantitative estimate of drug-likeness (QED) is 0.224. The molecule has 0 fully saturated rings. The Kier molecular flexibility index (Phi) is 12.0. The number of hydrogen-bond acceptors (Lipinski definition) is 9. The van der Waals surface area contributed by atoms with E-state index in [2.05, 4.69) is 0 Å². The molecule has 9 nitrogen and oxygen atoms in total. The first-order valence-corrected chi connectivity index (χ1v) is 4.88. The van der Waals surface area contributed by atoms with Gasteiger partial charge in [0.05, 0.1) is 13.2 Å². The van der Waals surface area contributed by atoms with E-state index in [1.54, 1.807) is 0 Å². The van der Waals surface area contributed by atoms with E-state index in [1.807, 2.05) is 0 Å². The number of hydrogen-bond donors (Lipinski definition) is 7. The first-order valence-electron chi connectivity index (χ1n) is 4.88. The van der Waals surface area contributed by atoms with Crippen LogP contribution in [0.5, 0.6) is 0 Å². The van der Waals surface area contributed by atoms with E-state index >= 15 is 0 Å². The highest BCUT2D eigenvalue weighted by atomic mass is 16.4. The lowest BCUT2D eigenvalue weighted by Gasteiger charge is -2.22. The third-order valence-corrected chi connectivity index (χ3v) is 1.76. The first-order chi connectivity index (χ1) is 8.35. The zero-order valence-electron chi connectivity index (χ0n) is 9.40. The molecular weight excluding hydrogens is 252 g/mol. The van der Waals surface area contributed by atoms with Crippen LogP contribution in [0, 0.1) is 0 Å². The minimum Gasteiger partial charge on any atom is -0.394 e. The van der Waals surface area contributed by atoms with Crippen molar-refractivity contribution in [2.45, 2.75) is 30.5 Å². The number of aliphatic hydroxyl groups is 7. The Bertz CT molecular complexity index is 222. The third kappa shape index (κ3) is 8.20. The summed E-state index contributed by atoms with van der Waals surface area (Å²) >= 11 is 0. The molecule has 5 atom stereocenters. The summed E-state index contributed by atoms with van der Waals surface area (Å²) < 4.78 is 0. The van der Waals surface area contributed by atoms with E-state index in [0.29, 0.717) is 0 Å². The van der Waals surface area contributed by atoms with Crippen LogP contribution in [0.2, 0.25) is 0 Å². The molecule has 0 aromatic rings. The van der Waals surface area contributed by atoms with Crippen LogP contribution in [0.4, 0.5) is 0 Å². The first kappa shape index (κ1) is 19.4. The minimum absolute atomic E-state index is 0.0258. The summed E-state index contributed by atoms with van der Waals surface area (Å²) in [6.45, 7) is -1.24. The molecule has 0 saturated heterocycles. The lowest BCUT2D eigenvalue weighted by atomic mass is 10.0. The van der Waals surface area contributed by atoms with Gasteiger partial charge in [-0.25, -0.2) is 0 Å². The fraction of sp³-hybridized carbons (Fsp3) is 0.778. The molecule has 0 rings (SSSR count). The smallest absolute Gasteiger partial charge is 0.151 e. The molecule has 0 saturated carbocycles. The molecule has 0 aliphatic rings. The van der Waals surface area contributed by atoms with Crippen molar-refractivity contribution in [2.75, 3.05) is 13.2 Å². The van der Waals surface area contributed by atoms with Gasteiger partial charge >= 0.3 is 0 Å². The summed E-state index contributed by atoms with van der Waals surface area (Å²) in [7, 11) is 0. The zero-order chi connectivity index (χ0) is 14.7. The fourth-order valence-corrected chi connectivity index (χ4v) is 0.661. The molecular formula is C9H18O9. The maximum absolute atomic E-state index is 9.90. The van der Waals surface area contributed by atoms with Crippen LogP contribution in [-0.4, -0.2) is 92.1 Å². The molecule has 7 N–H and O–H groups in total. The van der Waals surface area contributed by atoms with Gasteiger partial charge in [0.15, 0.2) is 12.6 Å². The summed E-state index contributed by atoms with van der Waals surface area (Å²) in [5.41, 5.74) is 0. The lowest BCUT2D eigenvalue weighted by molar-refractivity contribution is -0.136. The van der Waals surface area contributed by atoms with Crippen LogP contribution in [0.3, 0.4) is 0 Å². The molecule has 0 aliphatic heterocycles. The predicted octanol–water partition coefficient (Wildman–Crippen LogP) is -4.84. The Labute approximate surface area is 103 Å². The van der Waals surface area contributed by atoms with Gasteiger partial charge in [0, 0.05) is 0 Å². The molecule has 0 heterocycles. The molecule has 0 amide bonds. The minimum atomic E-state index is -1.79. The van der Waals surface area contributed by atoms with Crippen LogP contribution in [0.25, 0.3) is 0 Å². The number of aldehydes is 2. The topological polar surface area (TPSA) is 176 Å². The van der Waals surface area contributed by atoms with Crippen LogP contribution < -0.4 is 0 Å². The maximum Gasteiger partial charge on any atom is 0.151 e. The SMILES string of the molecule is O=CC(O)CO.O=C[C@H](O)[C@@H](O)[C@H](O)[C@H](O)CO. The second-order valence-corrected chi connectivity index (χ2v) is 3.24. The van der Waals surface area contributed by atoms with Crippen molar-refractivity contribution in [1.82, 2.24) is 0 Å². The van der Waals surface area contributed by atoms with Gasteiger partial charge in [0.2, 0.25) is 0 Å². The van der Waals surface area contributed by atoms with Crippen molar-refractivity contribution in [3.8, 4) is 0 Å². The van der Waals surface area contributed by atoms with E-state index in [9.17, 15) is 9.59 Å². The van der Waals surface area contributed by atoms with E-state index in [-0.39, 0.29) is 12.6 Å². The molecule has 0 spiro atoms. The van der Waals surface area contributed by atoms with E-state index in [4.69, 9.17) is 35.7 Å². The second-order valence-electron chi connectivity index (χ2n) is 3.24. The molecule has 18 heavy (non-hydrogen) atoms. The summed E-state index contributed by atoms with van der Waals surface area (Å²) in [5.74, 6) is 0. The Morgan fingerprint density at radius 3 is 1.50 bits per heavy atom. The Balaban J connectivity index is 0. The molecule has 0 aromatic carbocycles. The van der Waals surface area contributed by atoms with E-state index < -0.39 is 43.7 Å².